The molecule has 8 heteroatoms. The first-order valence-electron chi connectivity index (χ1n) is 9.30. The van der Waals surface area contributed by atoms with Crippen molar-refractivity contribution in [1.29, 1.82) is 0 Å². The van der Waals surface area contributed by atoms with Crippen LogP contribution in [0.5, 0.6) is 0 Å². The Kier molecular flexibility index (Phi) is 3.63. The average Bonchev–Trinajstić information content (AvgIpc) is 3.53. The van der Waals surface area contributed by atoms with E-state index in [0.717, 1.165) is 30.6 Å². The molecule has 8 nitrogen and oxygen atoms in total. The maximum Gasteiger partial charge on any atom is 0.246 e. The van der Waals surface area contributed by atoms with E-state index in [0.29, 0.717) is 24.5 Å². The molecule has 134 valence electrons. The first kappa shape index (κ1) is 15.5. The predicted molar refractivity (Wildman–Crippen MR) is 87.9 cm³/mol. The van der Waals surface area contributed by atoms with Gasteiger partial charge in [0.25, 0.3) is 0 Å². The lowest BCUT2D eigenvalue weighted by Crippen LogP contribution is -2.44. The van der Waals surface area contributed by atoms with Crippen LogP contribution in [-0.2, 0) is 11.3 Å². The van der Waals surface area contributed by atoms with Gasteiger partial charge in [-0.3, -0.25) is 4.90 Å². The number of aromatic nitrogens is 5. The highest BCUT2D eigenvalue weighted by molar-refractivity contribution is 5.08. The molecule has 5 rings (SSSR count). The van der Waals surface area contributed by atoms with Crippen LogP contribution in [-0.4, -0.2) is 49.1 Å². The monoisotopic (exact) mass is 344 g/mol. The third kappa shape index (κ3) is 2.87. The van der Waals surface area contributed by atoms with Crippen molar-refractivity contribution in [3.05, 3.63) is 23.4 Å². The van der Waals surface area contributed by atoms with Gasteiger partial charge in [-0.05, 0) is 39.5 Å². The molecule has 25 heavy (non-hydrogen) atoms. The number of hydrogen-bond donors (Lipinski definition) is 0. The van der Waals surface area contributed by atoms with Crippen molar-refractivity contribution < 1.29 is 9.26 Å². The van der Waals surface area contributed by atoms with Crippen LogP contribution in [0.2, 0.25) is 0 Å². The van der Waals surface area contributed by atoms with Gasteiger partial charge in [0.15, 0.2) is 5.82 Å². The molecule has 0 aromatic carbocycles. The summed E-state index contributed by atoms with van der Waals surface area (Å²) in [6.45, 7) is 6.38. The van der Waals surface area contributed by atoms with Gasteiger partial charge in [-0.1, -0.05) is 5.16 Å². The van der Waals surface area contributed by atoms with Crippen molar-refractivity contribution in [2.45, 2.75) is 70.2 Å². The molecule has 2 aliphatic carbocycles. The maximum absolute atomic E-state index is 5.88. The van der Waals surface area contributed by atoms with E-state index in [2.05, 4.69) is 36.7 Å². The summed E-state index contributed by atoms with van der Waals surface area (Å²) in [5, 5.41) is 12.9. The van der Waals surface area contributed by atoms with Gasteiger partial charge in [-0.2, -0.15) is 4.98 Å². The van der Waals surface area contributed by atoms with Gasteiger partial charge in [-0.25, -0.2) is 0 Å². The van der Waals surface area contributed by atoms with Crippen molar-refractivity contribution in [2.75, 3.05) is 13.2 Å². The fourth-order valence-corrected chi connectivity index (χ4v) is 3.80. The lowest BCUT2D eigenvalue weighted by atomic mass is 10.1. The van der Waals surface area contributed by atoms with Crippen molar-refractivity contribution in [2.24, 2.45) is 0 Å². The molecule has 0 spiro atoms. The van der Waals surface area contributed by atoms with Crippen LogP contribution >= 0.6 is 0 Å². The summed E-state index contributed by atoms with van der Waals surface area (Å²) >= 11 is 0. The Morgan fingerprint density at radius 3 is 2.76 bits per heavy atom. The van der Waals surface area contributed by atoms with E-state index in [-0.39, 0.29) is 12.1 Å². The highest BCUT2D eigenvalue weighted by Gasteiger charge is 2.38. The van der Waals surface area contributed by atoms with Crippen LogP contribution < -0.4 is 0 Å². The molecular formula is C17H24N6O2. The number of rotatable bonds is 5. The maximum atomic E-state index is 5.88. The fourth-order valence-electron chi connectivity index (χ4n) is 3.80. The standard InChI is InChI=1S/C17H24N6O2/c1-10-15(17-18-16(21-25-17)12-3-4-12)22(7-8-24-10)9-14-20-19-11(2)23(14)13-5-6-13/h10,12-13,15H,3-9H2,1-2H3/t10-,15+/m1/s1. The van der Waals surface area contributed by atoms with E-state index in [4.69, 9.17) is 9.26 Å². The van der Waals surface area contributed by atoms with Gasteiger partial charge in [0.1, 0.15) is 17.7 Å². The topological polar surface area (TPSA) is 82.1 Å². The SMILES string of the molecule is Cc1nnc(CN2CCO[C@H](C)[C@H]2c2nc(C3CC3)no2)n1C1CC1. The number of hydrogen-bond acceptors (Lipinski definition) is 7. The lowest BCUT2D eigenvalue weighted by Gasteiger charge is -2.37. The molecule has 0 N–H and O–H groups in total. The molecule has 2 atom stereocenters. The molecule has 0 amide bonds. The van der Waals surface area contributed by atoms with Crippen molar-refractivity contribution in [3.63, 3.8) is 0 Å². The molecule has 3 heterocycles. The summed E-state index contributed by atoms with van der Waals surface area (Å²) in [7, 11) is 0. The van der Waals surface area contributed by atoms with E-state index in [1.165, 1.54) is 25.7 Å². The van der Waals surface area contributed by atoms with E-state index in [1.54, 1.807) is 0 Å². The second-order valence-corrected chi connectivity index (χ2v) is 7.52. The second-order valence-electron chi connectivity index (χ2n) is 7.52. The summed E-state index contributed by atoms with van der Waals surface area (Å²) in [5.74, 6) is 4.05. The Labute approximate surface area is 146 Å². The van der Waals surface area contributed by atoms with Crippen LogP contribution in [0.1, 0.15) is 74.0 Å². The predicted octanol–water partition coefficient (Wildman–Crippen LogP) is 2.14. The zero-order valence-corrected chi connectivity index (χ0v) is 14.8. The second kappa shape index (κ2) is 5.88. The van der Waals surface area contributed by atoms with Gasteiger partial charge in [0.2, 0.25) is 5.89 Å². The molecule has 1 saturated heterocycles. The molecule has 0 bridgehead atoms. The summed E-state index contributed by atoms with van der Waals surface area (Å²) in [4.78, 5) is 7.02. The first-order chi connectivity index (χ1) is 12.2. The van der Waals surface area contributed by atoms with Crippen LogP contribution in [0.25, 0.3) is 0 Å². The molecule has 2 aromatic heterocycles. The molecule has 1 aliphatic heterocycles. The highest BCUT2D eigenvalue weighted by atomic mass is 16.5. The Hall–Kier alpha value is -1.80. The number of nitrogens with zero attached hydrogens (tertiary/aromatic N) is 6. The van der Waals surface area contributed by atoms with Gasteiger partial charge in [0.05, 0.1) is 19.3 Å². The van der Waals surface area contributed by atoms with Gasteiger partial charge < -0.3 is 13.8 Å². The van der Waals surface area contributed by atoms with E-state index >= 15 is 0 Å². The molecular weight excluding hydrogens is 320 g/mol. The minimum Gasteiger partial charge on any atom is -0.375 e. The lowest BCUT2D eigenvalue weighted by molar-refractivity contribution is -0.0774. The van der Waals surface area contributed by atoms with Crippen molar-refractivity contribution >= 4 is 0 Å². The van der Waals surface area contributed by atoms with Crippen molar-refractivity contribution in [1.82, 2.24) is 29.8 Å². The quantitative estimate of drug-likeness (QED) is 0.822. The smallest absolute Gasteiger partial charge is 0.246 e. The first-order valence-corrected chi connectivity index (χ1v) is 9.30. The minimum absolute atomic E-state index is 0.0136. The van der Waals surface area contributed by atoms with E-state index in [1.807, 2.05) is 6.92 Å². The Balaban J connectivity index is 1.41. The molecule has 3 aliphatic rings. The van der Waals surface area contributed by atoms with Crippen LogP contribution in [0.15, 0.2) is 4.52 Å². The Morgan fingerprint density at radius 1 is 1.16 bits per heavy atom. The Bertz CT molecular complexity index is 763. The van der Waals surface area contributed by atoms with Gasteiger partial charge in [-0.15, -0.1) is 10.2 Å². The largest absolute Gasteiger partial charge is 0.375 e. The number of ether oxygens (including phenoxy) is 1. The highest BCUT2D eigenvalue weighted by Crippen LogP contribution is 2.40. The molecule has 3 fully saturated rings. The molecule has 2 saturated carbocycles. The molecule has 0 radical (unpaired) electrons. The third-order valence-electron chi connectivity index (χ3n) is 5.44. The Morgan fingerprint density at radius 2 is 2.00 bits per heavy atom. The zero-order valence-electron chi connectivity index (χ0n) is 14.8. The summed E-state index contributed by atoms with van der Waals surface area (Å²) in [6, 6.07) is 0.546. The minimum atomic E-state index is -0.0293. The molecule has 0 unspecified atom stereocenters. The summed E-state index contributed by atoms with van der Waals surface area (Å²) < 4.78 is 13.8. The fraction of sp³-hybridized carbons (Fsp3) is 0.765. The average molecular weight is 344 g/mol. The van der Waals surface area contributed by atoms with Crippen molar-refractivity contribution in [3.8, 4) is 0 Å². The number of aryl methyl sites for hydroxylation is 1. The van der Waals surface area contributed by atoms with Crippen LogP contribution in [0.3, 0.4) is 0 Å². The van der Waals surface area contributed by atoms with Gasteiger partial charge in [0, 0.05) is 18.5 Å². The number of morpholine rings is 1. The van der Waals surface area contributed by atoms with Crippen LogP contribution in [0, 0.1) is 6.92 Å². The molecule has 2 aromatic rings. The van der Waals surface area contributed by atoms with Gasteiger partial charge >= 0.3 is 0 Å². The summed E-state index contributed by atoms with van der Waals surface area (Å²) in [5.41, 5.74) is 0. The van der Waals surface area contributed by atoms with Crippen LogP contribution in [0.4, 0.5) is 0 Å². The summed E-state index contributed by atoms with van der Waals surface area (Å²) in [6.07, 6.45) is 4.80. The van der Waals surface area contributed by atoms with E-state index < -0.39 is 0 Å². The third-order valence-corrected chi connectivity index (χ3v) is 5.44. The zero-order chi connectivity index (χ0) is 17.0. The van der Waals surface area contributed by atoms with E-state index in [9.17, 15) is 0 Å². The normalized spacial score (nSPS) is 27.8.